The number of fused-ring (bicyclic) bond motifs is 3. The molecule has 0 saturated carbocycles. The minimum Gasteiger partial charge on any atom is -0.508 e. The molecule has 0 bridgehead atoms. The molecule has 12 nitrogen and oxygen atoms in total. The lowest BCUT2D eigenvalue weighted by Gasteiger charge is -2.47. The number of carbonyl (C=O) groups is 4. The highest BCUT2D eigenvalue weighted by Gasteiger charge is 2.62. The summed E-state index contributed by atoms with van der Waals surface area (Å²) >= 11 is 0. The number of primary amides is 1. The molecule has 2 aliphatic carbocycles. The number of benzene rings is 3. The van der Waals surface area contributed by atoms with Crippen LogP contribution in [0.1, 0.15) is 32.6 Å². The number of likely N-dealkylation sites (N-methyl/N-ethyl adjacent to an activating group) is 1. The highest BCUT2D eigenvalue weighted by molar-refractivity contribution is 6.25. The molecule has 0 aliphatic heterocycles. The number of carboxylic acid groups (broad SMARTS) is 1. The number of hydrogen-bond acceptors (Lipinski definition) is 10. The number of hydrogen-bond donors (Lipinski definition) is 7. The van der Waals surface area contributed by atoms with Crippen molar-refractivity contribution >= 4 is 39.9 Å². The van der Waals surface area contributed by atoms with Crippen molar-refractivity contribution in [2.45, 2.75) is 44.6 Å². The fraction of sp³-hybridized carbons (Fsp3) is 0.312. The van der Waals surface area contributed by atoms with Gasteiger partial charge in [-0.3, -0.25) is 19.3 Å². The molecule has 0 spiro atoms. The van der Waals surface area contributed by atoms with Crippen LogP contribution < -0.4 is 11.1 Å². The lowest BCUT2D eigenvalue weighted by atomic mass is 9.61. The lowest BCUT2D eigenvalue weighted by Crippen LogP contribution is -2.64. The number of aliphatic hydroxyl groups excluding tert-OH is 1. The molecule has 0 fully saturated rings. The SMILES string of the molecule is Cc1ccc(CNc2ccc3c(C)c4c(c(O)c3c2O)C(=O)[C@]2(O)C(O)=C(C(N)=O)C(=O)[C@@H](N(C)C)[C@@H]2C4)cc1.O=C(O)C(F)(F)F. The van der Waals surface area contributed by atoms with Crippen molar-refractivity contribution in [3.05, 3.63) is 75.5 Å². The number of Topliss-reactive ketones (excluding diaryl/α,β-unsaturated/α-hetero) is 2. The normalized spacial score (nSPS) is 20.8. The maximum Gasteiger partial charge on any atom is 0.490 e. The van der Waals surface area contributed by atoms with E-state index in [1.807, 2.05) is 31.2 Å². The summed E-state index contributed by atoms with van der Waals surface area (Å²) in [6, 6.07) is 10.1. The van der Waals surface area contributed by atoms with Gasteiger partial charge in [0.2, 0.25) is 5.78 Å². The first-order valence-corrected chi connectivity index (χ1v) is 14.1. The number of aryl methyl sites for hydroxylation is 2. The van der Waals surface area contributed by atoms with E-state index < -0.39 is 64.3 Å². The molecular weight excluding hydrogens is 627 g/mol. The number of amides is 1. The van der Waals surface area contributed by atoms with Gasteiger partial charge in [0.25, 0.3) is 5.91 Å². The number of aliphatic carboxylic acids is 1. The summed E-state index contributed by atoms with van der Waals surface area (Å²) in [6.45, 7) is 4.09. The minimum absolute atomic E-state index is 0.00445. The molecular formula is C32H32F3N3O9. The van der Waals surface area contributed by atoms with Crippen LogP contribution in [-0.2, 0) is 27.3 Å². The van der Waals surface area contributed by atoms with E-state index in [0.29, 0.717) is 28.7 Å². The lowest BCUT2D eigenvalue weighted by molar-refractivity contribution is -0.192. The molecule has 3 atom stereocenters. The van der Waals surface area contributed by atoms with Gasteiger partial charge in [0.05, 0.1) is 22.7 Å². The molecule has 2 aliphatic rings. The van der Waals surface area contributed by atoms with Crippen molar-refractivity contribution in [1.29, 1.82) is 0 Å². The molecule has 47 heavy (non-hydrogen) atoms. The van der Waals surface area contributed by atoms with E-state index in [2.05, 4.69) is 5.32 Å². The van der Waals surface area contributed by atoms with Crippen molar-refractivity contribution in [3.8, 4) is 11.5 Å². The summed E-state index contributed by atoms with van der Waals surface area (Å²) < 4.78 is 31.7. The molecule has 250 valence electrons. The third-order valence-electron chi connectivity index (χ3n) is 8.49. The van der Waals surface area contributed by atoms with Crippen molar-refractivity contribution in [3.63, 3.8) is 0 Å². The Balaban J connectivity index is 0.000000644. The third kappa shape index (κ3) is 5.83. The molecule has 0 radical (unpaired) electrons. The van der Waals surface area contributed by atoms with E-state index in [1.165, 1.54) is 4.90 Å². The summed E-state index contributed by atoms with van der Waals surface area (Å²) in [6.07, 6.45) is -5.16. The van der Waals surface area contributed by atoms with E-state index >= 15 is 0 Å². The van der Waals surface area contributed by atoms with Crippen molar-refractivity contribution < 1.29 is 57.9 Å². The Labute approximate surface area is 265 Å². The number of halogens is 3. The highest BCUT2D eigenvalue weighted by Crippen LogP contribution is 2.51. The molecule has 3 aromatic carbocycles. The smallest absolute Gasteiger partial charge is 0.490 e. The number of alkyl halides is 3. The largest absolute Gasteiger partial charge is 0.508 e. The van der Waals surface area contributed by atoms with Gasteiger partial charge in [-0.05, 0) is 62.5 Å². The second kappa shape index (κ2) is 12.2. The second-order valence-corrected chi connectivity index (χ2v) is 11.6. The quantitative estimate of drug-likeness (QED) is 0.156. The number of aliphatic hydroxyl groups is 2. The van der Waals surface area contributed by atoms with Crippen LogP contribution in [0.25, 0.3) is 10.8 Å². The van der Waals surface area contributed by atoms with Crippen LogP contribution >= 0.6 is 0 Å². The highest BCUT2D eigenvalue weighted by atomic mass is 19.4. The van der Waals surface area contributed by atoms with Crippen LogP contribution in [-0.4, -0.2) is 85.8 Å². The van der Waals surface area contributed by atoms with Crippen LogP contribution in [0.2, 0.25) is 0 Å². The monoisotopic (exact) mass is 659 g/mol. The summed E-state index contributed by atoms with van der Waals surface area (Å²) in [5.74, 6) is -9.09. The number of carbonyl (C=O) groups excluding carboxylic acids is 3. The molecule has 1 amide bonds. The maximum atomic E-state index is 14.0. The van der Waals surface area contributed by atoms with Crippen LogP contribution in [0.15, 0.2) is 47.7 Å². The molecule has 5 rings (SSSR count). The number of carboxylic acids is 1. The number of nitrogens with two attached hydrogens (primary N) is 1. The Bertz CT molecular complexity index is 1850. The van der Waals surface area contributed by atoms with Crippen LogP contribution in [0.4, 0.5) is 18.9 Å². The number of phenols is 2. The Kier molecular flexibility index (Phi) is 9.03. The van der Waals surface area contributed by atoms with Gasteiger partial charge in [0, 0.05) is 12.5 Å². The van der Waals surface area contributed by atoms with E-state index in [1.54, 1.807) is 33.2 Å². The number of nitrogens with one attached hydrogen (secondary N) is 1. The zero-order chi connectivity index (χ0) is 35.3. The predicted octanol–water partition coefficient (Wildman–Crippen LogP) is 3.01. The molecule has 8 N–H and O–H groups in total. The van der Waals surface area contributed by atoms with Gasteiger partial charge in [0.1, 0.15) is 22.8 Å². The maximum absolute atomic E-state index is 14.0. The number of aromatic hydroxyl groups is 2. The fourth-order valence-corrected chi connectivity index (χ4v) is 6.13. The number of rotatable bonds is 5. The van der Waals surface area contributed by atoms with Gasteiger partial charge in [0.15, 0.2) is 11.4 Å². The van der Waals surface area contributed by atoms with Crippen molar-refractivity contribution in [1.82, 2.24) is 4.90 Å². The average Bonchev–Trinajstić information content (AvgIpc) is 2.97. The Morgan fingerprint density at radius 3 is 2.11 bits per heavy atom. The Morgan fingerprint density at radius 2 is 1.60 bits per heavy atom. The first-order chi connectivity index (χ1) is 21.7. The predicted molar refractivity (Wildman–Crippen MR) is 162 cm³/mol. The molecule has 0 aromatic heterocycles. The molecule has 0 saturated heterocycles. The van der Waals surface area contributed by atoms with Gasteiger partial charge in [-0.1, -0.05) is 35.9 Å². The topological polar surface area (TPSA) is 211 Å². The van der Waals surface area contributed by atoms with Gasteiger partial charge in [-0.25, -0.2) is 4.79 Å². The second-order valence-electron chi connectivity index (χ2n) is 11.6. The van der Waals surface area contributed by atoms with E-state index in [4.69, 9.17) is 15.6 Å². The average molecular weight is 660 g/mol. The van der Waals surface area contributed by atoms with Gasteiger partial charge < -0.3 is 36.6 Å². The summed E-state index contributed by atoms with van der Waals surface area (Å²) in [7, 11) is 3.11. The molecule has 0 unspecified atom stereocenters. The first-order valence-electron chi connectivity index (χ1n) is 14.1. The van der Waals surface area contributed by atoms with Crippen LogP contribution in [0, 0.1) is 19.8 Å². The van der Waals surface area contributed by atoms with E-state index in [0.717, 1.165) is 11.1 Å². The molecule has 3 aromatic rings. The van der Waals surface area contributed by atoms with Crippen LogP contribution in [0.3, 0.4) is 0 Å². The fourth-order valence-electron chi connectivity index (χ4n) is 6.13. The number of nitrogens with zero attached hydrogens (tertiary/aromatic N) is 1. The van der Waals surface area contributed by atoms with Gasteiger partial charge in [-0.2, -0.15) is 13.2 Å². The zero-order valence-electron chi connectivity index (χ0n) is 25.6. The van der Waals surface area contributed by atoms with E-state index in [-0.39, 0.29) is 23.1 Å². The molecule has 15 heteroatoms. The standard InChI is InChI=1S/C30H31N3O7.C2HF3O2/c1-13-5-7-15(8-6-13)12-32-19-10-9-16-14(2)17-11-18-23(33(3)4)26(36)22(29(31)39)28(38)30(18,40)27(37)21(17)25(35)20(16)24(19)34;3-2(4,5)1(6)7/h5-10,18,23,32,34-35,38,40H,11-12H2,1-4H3,(H2,31,39);(H,6,7)/t18-,23-,30-;/m0./s1. The van der Waals surface area contributed by atoms with Gasteiger partial charge in [-0.15, -0.1) is 0 Å². The Hall–Kier alpha value is -5.15. The third-order valence-corrected chi connectivity index (χ3v) is 8.49. The van der Waals surface area contributed by atoms with Gasteiger partial charge >= 0.3 is 12.1 Å². The minimum atomic E-state index is -5.08. The van der Waals surface area contributed by atoms with Crippen molar-refractivity contribution in [2.75, 3.05) is 19.4 Å². The number of anilines is 1. The summed E-state index contributed by atoms with van der Waals surface area (Å²) in [5.41, 5.74) is 4.85. The van der Waals surface area contributed by atoms with Crippen molar-refractivity contribution in [2.24, 2.45) is 11.7 Å². The van der Waals surface area contributed by atoms with E-state index in [9.17, 15) is 48.0 Å². The number of ketones is 2. The van der Waals surface area contributed by atoms with Crippen LogP contribution in [0.5, 0.6) is 11.5 Å². The first kappa shape index (κ1) is 34.7. The zero-order valence-corrected chi connectivity index (χ0v) is 25.6. The Morgan fingerprint density at radius 1 is 1.02 bits per heavy atom. The number of phenolic OH excluding ortho intramolecular Hbond substituents is 2. The summed E-state index contributed by atoms with van der Waals surface area (Å²) in [4.78, 5) is 49.7. The summed E-state index contributed by atoms with van der Waals surface area (Å²) in [5, 5.41) is 56.1. The molecule has 0 heterocycles.